The number of aromatic nitrogens is 3. The lowest BCUT2D eigenvalue weighted by Crippen LogP contribution is -2.51. The molecule has 0 spiro atoms. The van der Waals surface area contributed by atoms with Gasteiger partial charge in [0, 0.05) is 43.1 Å². The molecule has 2 amide bonds. The van der Waals surface area contributed by atoms with Crippen molar-refractivity contribution < 1.29 is 9.90 Å². The number of carbonyl (C=O) groups excluding carboxylic acids is 1. The first kappa shape index (κ1) is 26.7. The zero-order valence-corrected chi connectivity index (χ0v) is 23.1. The molecule has 0 radical (unpaired) electrons. The van der Waals surface area contributed by atoms with E-state index in [9.17, 15) is 9.90 Å². The van der Waals surface area contributed by atoms with E-state index < -0.39 is 6.10 Å². The highest BCUT2D eigenvalue weighted by atomic mass is 35.5. The molecule has 1 aliphatic carbocycles. The molecule has 4 aromatic rings. The maximum absolute atomic E-state index is 13.0. The molecule has 1 aliphatic heterocycles. The summed E-state index contributed by atoms with van der Waals surface area (Å²) in [4.78, 5) is 29.4. The first-order valence-electron chi connectivity index (χ1n) is 13.4. The van der Waals surface area contributed by atoms with Gasteiger partial charge < -0.3 is 20.3 Å². The third kappa shape index (κ3) is 5.33. The molecular weight excluding hydrogens is 538 g/mol. The van der Waals surface area contributed by atoms with Crippen LogP contribution in [0.2, 0.25) is 5.02 Å². The van der Waals surface area contributed by atoms with Gasteiger partial charge in [-0.15, -0.1) is 0 Å². The van der Waals surface area contributed by atoms with Crippen LogP contribution in [-0.2, 0) is 0 Å². The van der Waals surface area contributed by atoms with E-state index in [2.05, 4.69) is 26.3 Å². The van der Waals surface area contributed by atoms with Gasteiger partial charge in [-0.1, -0.05) is 23.7 Å². The molecule has 9 nitrogen and oxygen atoms in total. The molecule has 3 N–H and O–H groups in total. The van der Waals surface area contributed by atoms with Crippen LogP contribution in [0.15, 0.2) is 67.0 Å². The summed E-state index contributed by atoms with van der Waals surface area (Å²) in [5.41, 5.74) is 6.14. The number of carbonyl (C=O) groups is 1. The zero-order valence-electron chi connectivity index (χ0n) is 22.4. The molecule has 2 aliphatic rings. The number of aliphatic hydroxyl groups is 1. The molecule has 1 saturated heterocycles. The van der Waals surface area contributed by atoms with Crippen molar-refractivity contribution in [1.29, 1.82) is 5.26 Å². The predicted octanol–water partition coefficient (Wildman–Crippen LogP) is 5.16. The van der Waals surface area contributed by atoms with Crippen molar-refractivity contribution in [3.63, 3.8) is 0 Å². The number of anilines is 1. The number of hydrogen-bond acceptors (Lipinski definition) is 6. The Morgan fingerprint density at radius 1 is 1.15 bits per heavy atom. The van der Waals surface area contributed by atoms with E-state index in [-0.39, 0.29) is 12.1 Å². The van der Waals surface area contributed by atoms with Gasteiger partial charge in [-0.2, -0.15) is 5.26 Å². The molecule has 2 aromatic heterocycles. The second-order valence-corrected chi connectivity index (χ2v) is 10.6. The number of nitrogens with zero attached hydrogens (tertiary/aromatic N) is 5. The van der Waals surface area contributed by atoms with Gasteiger partial charge in [-0.05, 0) is 77.7 Å². The SMILES string of the molecule is Cc1ncc(C(O)C2=Cc3cccnc3[C@@H](N3CCN(C(=O)Nc4ccc(C#N)cc4)CC3)c3ccc(Cl)cc32)[nH]1. The van der Waals surface area contributed by atoms with Crippen LogP contribution in [0.5, 0.6) is 0 Å². The van der Waals surface area contributed by atoms with Crippen molar-refractivity contribution >= 4 is 35.0 Å². The monoisotopic (exact) mass is 565 g/mol. The normalized spacial score (nSPS) is 17.5. The van der Waals surface area contributed by atoms with Gasteiger partial charge in [-0.3, -0.25) is 9.88 Å². The first-order chi connectivity index (χ1) is 19.9. The number of aryl methyl sites for hydroxylation is 1. The van der Waals surface area contributed by atoms with Gasteiger partial charge in [0.25, 0.3) is 0 Å². The van der Waals surface area contributed by atoms with Gasteiger partial charge >= 0.3 is 6.03 Å². The Morgan fingerprint density at radius 3 is 2.63 bits per heavy atom. The van der Waals surface area contributed by atoms with Crippen LogP contribution in [0.4, 0.5) is 10.5 Å². The first-order valence-corrected chi connectivity index (χ1v) is 13.7. The number of fused-ring (bicyclic) bond motifs is 2. The number of urea groups is 1. The molecule has 6 rings (SSSR count). The highest BCUT2D eigenvalue weighted by Gasteiger charge is 2.35. The molecule has 0 bridgehead atoms. The summed E-state index contributed by atoms with van der Waals surface area (Å²) < 4.78 is 0. The number of piperazine rings is 1. The Morgan fingerprint density at radius 2 is 1.93 bits per heavy atom. The molecule has 206 valence electrons. The molecule has 1 unspecified atom stereocenters. The van der Waals surface area contributed by atoms with Crippen molar-refractivity contribution in [3.8, 4) is 6.07 Å². The van der Waals surface area contributed by atoms with E-state index in [1.54, 1.807) is 41.6 Å². The number of hydrogen-bond donors (Lipinski definition) is 3. The summed E-state index contributed by atoms with van der Waals surface area (Å²) in [6.45, 7) is 4.16. The molecule has 41 heavy (non-hydrogen) atoms. The van der Waals surface area contributed by atoms with Crippen LogP contribution in [0.1, 0.15) is 51.6 Å². The van der Waals surface area contributed by atoms with Gasteiger partial charge in [0.1, 0.15) is 11.9 Å². The third-order valence-electron chi connectivity index (χ3n) is 7.61. The van der Waals surface area contributed by atoms with E-state index in [1.807, 2.05) is 43.3 Å². The maximum Gasteiger partial charge on any atom is 0.321 e. The lowest BCUT2D eigenvalue weighted by molar-refractivity contribution is 0.125. The average Bonchev–Trinajstić information content (AvgIpc) is 3.38. The Hall–Kier alpha value is -4.49. The largest absolute Gasteiger partial charge is 0.382 e. The minimum atomic E-state index is -0.942. The second kappa shape index (κ2) is 11.2. The van der Waals surface area contributed by atoms with Gasteiger partial charge in [0.2, 0.25) is 0 Å². The fraction of sp³-hybridized carbons (Fsp3) is 0.226. The zero-order chi connectivity index (χ0) is 28.5. The van der Waals surface area contributed by atoms with Gasteiger partial charge in [0.05, 0.1) is 35.3 Å². The van der Waals surface area contributed by atoms with Crippen molar-refractivity contribution in [2.75, 3.05) is 31.5 Å². The van der Waals surface area contributed by atoms with E-state index in [4.69, 9.17) is 21.8 Å². The fourth-order valence-corrected chi connectivity index (χ4v) is 5.72. The number of pyridine rings is 1. The summed E-state index contributed by atoms with van der Waals surface area (Å²) in [6.07, 6.45) is 4.48. The highest BCUT2D eigenvalue weighted by Crippen LogP contribution is 2.44. The van der Waals surface area contributed by atoms with Crippen LogP contribution in [-0.4, -0.2) is 62.1 Å². The van der Waals surface area contributed by atoms with Crippen LogP contribution >= 0.6 is 11.6 Å². The summed E-state index contributed by atoms with van der Waals surface area (Å²) in [6, 6.07) is 18.2. The number of nitrogens with one attached hydrogen (secondary N) is 2. The summed E-state index contributed by atoms with van der Waals surface area (Å²) in [7, 11) is 0. The molecule has 3 heterocycles. The number of nitriles is 1. The molecule has 1 fully saturated rings. The van der Waals surface area contributed by atoms with E-state index in [0.717, 1.165) is 28.2 Å². The van der Waals surface area contributed by atoms with E-state index >= 15 is 0 Å². The van der Waals surface area contributed by atoms with Crippen LogP contribution < -0.4 is 5.32 Å². The smallest absolute Gasteiger partial charge is 0.321 e. The Labute approximate surface area is 242 Å². The minimum absolute atomic E-state index is 0.178. The van der Waals surface area contributed by atoms with Crippen LogP contribution in [0.3, 0.4) is 0 Å². The number of aliphatic hydroxyl groups excluding tert-OH is 1. The summed E-state index contributed by atoms with van der Waals surface area (Å²) in [5.74, 6) is 0.723. The molecule has 2 atom stereocenters. The van der Waals surface area contributed by atoms with Crippen molar-refractivity contribution in [2.24, 2.45) is 0 Å². The van der Waals surface area contributed by atoms with E-state index in [1.165, 1.54) is 0 Å². The van der Waals surface area contributed by atoms with Crippen molar-refractivity contribution in [1.82, 2.24) is 24.8 Å². The van der Waals surface area contributed by atoms with Crippen LogP contribution in [0.25, 0.3) is 11.6 Å². The average molecular weight is 566 g/mol. The highest BCUT2D eigenvalue weighted by molar-refractivity contribution is 6.30. The Balaban J connectivity index is 1.29. The number of amides is 2. The number of imidazole rings is 1. The number of H-pyrrole nitrogens is 1. The lowest BCUT2D eigenvalue weighted by atomic mass is 9.91. The van der Waals surface area contributed by atoms with E-state index in [0.29, 0.717) is 53.7 Å². The third-order valence-corrected chi connectivity index (χ3v) is 7.84. The number of rotatable bonds is 4. The minimum Gasteiger partial charge on any atom is -0.382 e. The second-order valence-electron chi connectivity index (χ2n) is 10.2. The van der Waals surface area contributed by atoms with Crippen molar-refractivity contribution in [3.05, 3.63) is 111 Å². The Kier molecular flexibility index (Phi) is 7.28. The van der Waals surface area contributed by atoms with Crippen molar-refractivity contribution in [2.45, 2.75) is 19.1 Å². The lowest BCUT2D eigenvalue weighted by Gasteiger charge is -2.39. The maximum atomic E-state index is 13.0. The summed E-state index contributed by atoms with van der Waals surface area (Å²) >= 11 is 6.51. The predicted molar refractivity (Wildman–Crippen MR) is 157 cm³/mol. The topological polar surface area (TPSA) is 121 Å². The van der Waals surface area contributed by atoms with Crippen LogP contribution in [0, 0.1) is 18.3 Å². The standard InChI is InChI=1S/C31H28ClN7O2/c1-19-35-18-27(36-19)30(40)26-15-21-3-2-10-34-28(21)29(24-9-6-22(32)16-25(24)26)38-11-13-39(14-12-38)31(41)37-23-7-4-20(17-33)5-8-23/h2-10,15-16,18,29-30,40H,11-14H2,1H3,(H,35,36)(H,37,41)/t29-,30?/m0/s1. The summed E-state index contributed by atoms with van der Waals surface area (Å²) in [5, 5.41) is 24.0. The number of aromatic amines is 1. The fourth-order valence-electron chi connectivity index (χ4n) is 5.55. The Bertz CT molecular complexity index is 1670. The molecule has 2 aromatic carbocycles. The number of halogens is 1. The van der Waals surface area contributed by atoms with Gasteiger partial charge in [-0.25, -0.2) is 9.78 Å². The molecule has 0 saturated carbocycles. The quantitative estimate of drug-likeness (QED) is 0.314. The number of benzene rings is 2. The molecular formula is C31H28ClN7O2. The van der Waals surface area contributed by atoms with Gasteiger partial charge in [0.15, 0.2) is 0 Å². The molecule has 10 heteroatoms.